The minimum atomic E-state index is -0.0941. The number of carbonyl (C=O) groups excluding carboxylic acids is 1. The number of hydrogen-bond acceptors (Lipinski definition) is 4. The van der Waals surface area contributed by atoms with Gasteiger partial charge in [0, 0.05) is 31.7 Å². The topological polar surface area (TPSA) is 62.5 Å². The van der Waals surface area contributed by atoms with Crippen molar-refractivity contribution in [3.8, 4) is 0 Å². The van der Waals surface area contributed by atoms with Crippen molar-refractivity contribution in [2.75, 3.05) is 31.9 Å². The number of amides is 1. The summed E-state index contributed by atoms with van der Waals surface area (Å²) in [5, 5.41) is 0.211. The number of aromatic nitrogens is 1. The van der Waals surface area contributed by atoms with Gasteiger partial charge >= 0.3 is 0 Å². The fourth-order valence-corrected chi connectivity index (χ4v) is 2.55. The smallest absolute Gasteiger partial charge is 0.257 e. The molecule has 2 rings (SSSR count). The van der Waals surface area contributed by atoms with Crippen LogP contribution in [0.5, 0.6) is 0 Å². The molecule has 1 amide bonds. The number of anilines is 1. The third kappa shape index (κ3) is 3.22. The van der Waals surface area contributed by atoms with Crippen LogP contribution in [0.2, 0.25) is 5.15 Å². The number of hydrogen-bond donors (Lipinski definition) is 1. The minimum absolute atomic E-state index is 0.0941. The van der Waals surface area contributed by atoms with E-state index in [-0.39, 0.29) is 16.6 Å². The molecule has 1 aromatic heterocycles. The van der Waals surface area contributed by atoms with Crippen molar-refractivity contribution >= 4 is 23.2 Å². The summed E-state index contributed by atoms with van der Waals surface area (Å²) in [6.07, 6.45) is 1.46. The van der Waals surface area contributed by atoms with Crippen molar-refractivity contribution in [2.45, 2.75) is 26.3 Å². The van der Waals surface area contributed by atoms with Crippen molar-refractivity contribution in [2.24, 2.45) is 0 Å². The predicted octanol–water partition coefficient (Wildman–Crippen LogP) is 1.87. The van der Waals surface area contributed by atoms with Crippen LogP contribution in [-0.4, -0.2) is 52.4 Å². The summed E-state index contributed by atoms with van der Waals surface area (Å²) in [4.78, 5) is 20.6. The third-order valence-electron chi connectivity index (χ3n) is 3.61. The molecule has 0 spiro atoms. The molecular weight excluding hydrogens is 276 g/mol. The minimum Gasteiger partial charge on any atom is -0.397 e. The fourth-order valence-electron chi connectivity index (χ4n) is 2.36. The molecule has 0 bridgehead atoms. The van der Waals surface area contributed by atoms with Crippen LogP contribution < -0.4 is 5.73 Å². The molecule has 1 aromatic rings. The number of carbonyl (C=O) groups is 1. The SMILES string of the molecule is CC(C)(C)N1CCN(C(=O)c2cc(N)cnc2Cl)CC1. The first-order valence-corrected chi connectivity index (χ1v) is 7.12. The Morgan fingerprint density at radius 1 is 1.30 bits per heavy atom. The van der Waals surface area contributed by atoms with E-state index in [0.717, 1.165) is 13.1 Å². The van der Waals surface area contributed by atoms with Gasteiger partial charge in [-0.2, -0.15) is 0 Å². The zero-order valence-corrected chi connectivity index (χ0v) is 12.9. The van der Waals surface area contributed by atoms with E-state index in [1.54, 1.807) is 6.07 Å². The predicted molar refractivity (Wildman–Crippen MR) is 80.9 cm³/mol. The molecule has 0 saturated carbocycles. The van der Waals surface area contributed by atoms with Gasteiger partial charge < -0.3 is 10.6 Å². The molecule has 1 aliphatic rings. The Hall–Kier alpha value is -1.33. The summed E-state index contributed by atoms with van der Waals surface area (Å²) in [6, 6.07) is 1.59. The standard InChI is InChI=1S/C14H21ClN4O/c1-14(2,3)19-6-4-18(5-7-19)13(20)11-8-10(16)9-17-12(11)15/h8-9H,4-7,16H2,1-3H3. The van der Waals surface area contributed by atoms with E-state index in [2.05, 4.69) is 30.7 Å². The van der Waals surface area contributed by atoms with E-state index >= 15 is 0 Å². The van der Waals surface area contributed by atoms with E-state index in [1.807, 2.05) is 4.90 Å². The molecule has 20 heavy (non-hydrogen) atoms. The third-order valence-corrected chi connectivity index (χ3v) is 3.91. The lowest BCUT2D eigenvalue weighted by Crippen LogP contribution is -2.54. The van der Waals surface area contributed by atoms with Gasteiger partial charge in [0.1, 0.15) is 5.15 Å². The molecule has 0 unspecified atom stereocenters. The Morgan fingerprint density at radius 3 is 2.45 bits per heavy atom. The van der Waals surface area contributed by atoms with E-state index in [1.165, 1.54) is 6.20 Å². The molecule has 6 heteroatoms. The second-order valence-electron chi connectivity index (χ2n) is 6.06. The molecule has 1 saturated heterocycles. The van der Waals surface area contributed by atoms with Gasteiger partial charge in [-0.3, -0.25) is 9.69 Å². The number of halogens is 1. The number of rotatable bonds is 1. The van der Waals surface area contributed by atoms with Gasteiger partial charge in [-0.1, -0.05) is 11.6 Å². The highest BCUT2D eigenvalue weighted by molar-refractivity contribution is 6.32. The summed E-state index contributed by atoms with van der Waals surface area (Å²) in [5.41, 5.74) is 6.64. The molecule has 1 fully saturated rings. The van der Waals surface area contributed by atoms with Gasteiger partial charge in [0.2, 0.25) is 0 Å². The lowest BCUT2D eigenvalue weighted by Gasteiger charge is -2.42. The van der Waals surface area contributed by atoms with Gasteiger partial charge in [-0.25, -0.2) is 4.98 Å². The average Bonchev–Trinajstić information content (AvgIpc) is 2.40. The van der Waals surface area contributed by atoms with E-state index < -0.39 is 0 Å². The summed E-state index contributed by atoms with van der Waals surface area (Å²) < 4.78 is 0. The van der Waals surface area contributed by atoms with Crippen molar-refractivity contribution < 1.29 is 4.79 Å². The van der Waals surface area contributed by atoms with Crippen LogP contribution in [0.1, 0.15) is 31.1 Å². The summed E-state index contributed by atoms with van der Waals surface area (Å²) >= 11 is 5.99. The monoisotopic (exact) mass is 296 g/mol. The lowest BCUT2D eigenvalue weighted by molar-refractivity contribution is 0.0451. The Balaban J connectivity index is 2.07. The largest absolute Gasteiger partial charge is 0.397 e. The molecule has 0 aromatic carbocycles. The summed E-state index contributed by atoms with van der Waals surface area (Å²) in [5.74, 6) is -0.0941. The van der Waals surface area contributed by atoms with Crippen molar-refractivity contribution in [3.63, 3.8) is 0 Å². The first kappa shape index (κ1) is 15.1. The second-order valence-corrected chi connectivity index (χ2v) is 6.42. The highest BCUT2D eigenvalue weighted by atomic mass is 35.5. The van der Waals surface area contributed by atoms with Crippen LogP contribution in [0.15, 0.2) is 12.3 Å². The molecule has 0 radical (unpaired) electrons. The Bertz CT molecular complexity index is 504. The summed E-state index contributed by atoms with van der Waals surface area (Å²) in [7, 11) is 0. The Labute approximate surface area is 124 Å². The van der Waals surface area contributed by atoms with Crippen molar-refractivity contribution in [3.05, 3.63) is 23.0 Å². The molecule has 2 N–H and O–H groups in total. The molecule has 110 valence electrons. The lowest BCUT2D eigenvalue weighted by atomic mass is 10.0. The number of nitrogen functional groups attached to an aromatic ring is 1. The maximum Gasteiger partial charge on any atom is 0.257 e. The van der Waals surface area contributed by atoms with Gasteiger partial charge in [0.15, 0.2) is 0 Å². The van der Waals surface area contributed by atoms with Crippen LogP contribution in [0.25, 0.3) is 0 Å². The Kier molecular flexibility index (Phi) is 4.20. The number of pyridine rings is 1. The zero-order chi connectivity index (χ0) is 14.9. The highest BCUT2D eigenvalue weighted by Gasteiger charge is 2.29. The van der Waals surface area contributed by atoms with Gasteiger partial charge in [0.05, 0.1) is 17.4 Å². The van der Waals surface area contributed by atoms with Gasteiger partial charge in [-0.05, 0) is 26.8 Å². The van der Waals surface area contributed by atoms with E-state index in [4.69, 9.17) is 17.3 Å². The second kappa shape index (κ2) is 5.58. The fraction of sp³-hybridized carbons (Fsp3) is 0.571. The van der Waals surface area contributed by atoms with Crippen LogP contribution in [0.3, 0.4) is 0 Å². The normalized spacial score (nSPS) is 17.3. The maximum absolute atomic E-state index is 12.5. The average molecular weight is 297 g/mol. The first-order valence-electron chi connectivity index (χ1n) is 6.74. The molecule has 1 aliphatic heterocycles. The Morgan fingerprint density at radius 2 is 1.90 bits per heavy atom. The van der Waals surface area contributed by atoms with Crippen LogP contribution in [-0.2, 0) is 0 Å². The maximum atomic E-state index is 12.5. The van der Waals surface area contributed by atoms with Crippen LogP contribution in [0, 0.1) is 0 Å². The highest BCUT2D eigenvalue weighted by Crippen LogP contribution is 2.20. The van der Waals surface area contributed by atoms with Crippen LogP contribution in [0.4, 0.5) is 5.69 Å². The van der Waals surface area contributed by atoms with Gasteiger partial charge in [0.25, 0.3) is 5.91 Å². The number of nitrogens with zero attached hydrogens (tertiary/aromatic N) is 3. The van der Waals surface area contributed by atoms with Crippen LogP contribution >= 0.6 is 11.6 Å². The number of nitrogens with two attached hydrogens (primary N) is 1. The van der Waals surface area contributed by atoms with E-state index in [9.17, 15) is 4.79 Å². The molecule has 2 heterocycles. The summed E-state index contributed by atoms with van der Waals surface area (Å²) in [6.45, 7) is 9.67. The first-order chi connectivity index (χ1) is 9.29. The van der Waals surface area contributed by atoms with Crippen molar-refractivity contribution in [1.82, 2.24) is 14.8 Å². The number of piperazine rings is 1. The van der Waals surface area contributed by atoms with Crippen molar-refractivity contribution in [1.29, 1.82) is 0 Å². The molecule has 0 aliphatic carbocycles. The zero-order valence-electron chi connectivity index (χ0n) is 12.2. The quantitative estimate of drug-likeness (QED) is 0.804. The van der Waals surface area contributed by atoms with E-state index in [0.29, 0.717) is 24.3 Å². The molecule has 0 atom stereocenters. The van der Waals surface area contributed by atoms with Gasteiger partial charge in [-0.15, -0.1) is 0 Å². The molecular formula is C14H21ClN4O. The molecule has 5 nitrogen and oxygen atoms in total.